The van der Waals surface area contributed by atoms with E-state index in [4.69, 9.17) is 15.0 Å². The van der Waals surface area contributed by atoms with Crippen LogP contribution in [0.4, 0.5) is 13.2 Å². The Kier molecular flexibility index (Phi) is 5.16. The molecule has 0 unspecified atom stereocenters. The van der Waals surface area contributed by atoms with Crippen LogP contribution in [-0.4, -0.2) is 24.8 Å². The molecule has 3 aliphatic carbocycles. The normalized spacial score (nSPS) is 35.1. The first-order valence-electron chi connectivity index (χ1n) is 9.27. The second-order valence-electron chi connectivity index (χ2n) is 8.90. The Labute approximate surface area is 164 Å². The number of alkyl halides is 3. The van der Waals surface area contributed by atoms with E-state index in [0.717, 1.165) is 24.1 Å². The summed E-state index contributed by atoms with van der Waals surface area (Å²) in [5, 5.41) is 0. The van der Waals surface area contributed by atoms with E-state index in [9.17, 15) is 13.2 Å². The van der Waals surface area contributed by atoms with Crippen molar-refractivity contribution in [3.8, 4) is 0 Å². The monoisotopic (exact) mass is 403 g/mol. The van der Waals surface area contributed by atoms with Crippen LogP contribution in [0.1, 0.15) is 44.7 Å². The highest BCUT2D eigenvalue weighted by atomic mass is 35.5. The van der Waals surface area contributed by atoms with E-state index in [-0.39, 0.29) is 29.5 Å². The summed E-state index contributed by atoms with van der Waals surface area (Å²) in [7, 11) is -0.512. The van der Waals surface area contributed by atoms with Crippen LogP contribution < -0.4 is 5.73 Å². The predicted octanol–water partition coefficient (Wildman–Crippen LogP) is 4.26. The molecule has 0 amide bonds. The zero-order valence-corrected chi connectivity index (χ0v) is 16.6. The van der Waals surface area contributed by atoms with Gasteiger partial charge in [0, 0.05) is 5.94 Å². The van der Waals surface area contributed by atoms with Crippen molar-refractivity contribution in [2.24, 2.45) is 23.0 Å². The molecule has 2 bridgehead atoms. The second kappa shape index (κ2) is 6.65. The van der Waals surface area contributed by atoms with Gasteiger partial charge in [0.25, 0.3) is 0 Å². The molecule has 0 radical (unpaired) electrons. The van der Waals surface area contributed by atoms with Crippen molar-refractivity contribution >= 4 is 19.5 Å². The molecule has 1 aliphatic heterocycles. The fourth-order valence-electron chi connectivity index (χ4n) is 5.28. The third kappa shape index (κ3) is 3.30. The lowest BCUT2D eigenvalue weighted by atomic mass is 9.43. The molecule has 150 valence electrons. The maximum Gasteiger partial charge on any atom is 0.475 e. The van der Waals surface area contributed by atoms with Crippen LogP contribution >= 0.6 is 12.4 Å². The first-order chi connectivity index (χ1) is 12.0. The van der Waals surface area contributed by atoms with Crippen molar-refractivity contribution in [2.75, 3.05) is 0 Å². The van der Waals surface area contributed by atoms with Crippen molar-refractivity contribution in [1.82, 2.24) is 0 Å². The zero-order chi connectivity index (χ0) is 18.9. The van der Waals surface area contributed by atoms with Gasteiger partial charge in [-0.1, -0.05) is 26.0 Å². The van der Waals surface area contributed by atoms with Gasteiger partial charge in [0.1, 0.15) is 0 Å². The predicted molar refractivity (Wildman–Crippen MR) is 100 cm³/mol. The quantitative estimate of drug-likeness (QED) is 0.767. The maximum atomic E-state index is 12.7. The number of nitrogens with two attached hydrogens (primary N) is 1. The van der Waals surface area contributed by atoms with Crippen LogP contribution in [0, 0.1) is 17.3 Å². The van der Waals surface area contributed by atoms with Gasteiger partial charge in [0.2, 0.25) is 0 Å². The summed E-state index contributed by atoms with van der Waals surface area (Å²) in [6.07, 6.45) is -1.68. The summed E-state index contributed by atoms with van der Waals surface area (Å²) in [6.45, 7) is 6.72. The summed E-state index contributed by atoms with van der Waals surface area (Å²) < 4.78 is 50.5. The topological polar surface area (TPSA) is 44.5 Å². The van der Waals surface area contributed by atoms with Crippen LogP contribution in [0.25, 0.3) is 0 Å². The third-order valence-electron chi connectivity index (χ3n) is 7.07. The van der Waals surface area contributed by atoms with Crippen molar-refractivity contribution in [3.05, 3.63) is 35.4 Å². The molecule has 27 heavy (non-hydrogen) atoms. The minimum atomic E-state index is -4.32. The molecule has 0 spiro atoms. The maximum absolute atomic E-state index is 12.7. The van der Waals surface area contributed by atoms with E-state index in [1.807, 2.05) is 0 Å². The Morgan fingerprint density at radius 1 is 1.19 bits per heavy atom. The van der Waals surface area contributed by atoms with E-state index in [2.05, 4.69) is 20.8 Å². The van der Waals surface area contributed by atoms with Crippen molar-refractivity contribution in [3.63, 3.8) is 0 Å². The minimum absolute atomic E-state index is 0. The molecule has 8 heteroatoms. The molecule has 0 aromatic heterocycles. The van der Waals surface area contributed by atoms with E-state index < -0.39 is 24.8 Å². The first-order valence-corrected chi connectivity index (χ1v) is 9.27. The summed E-state index contributed by atoms with van der Waals surface area (Å²) in [5.74, 6) is 0.718. The lowest BCUT2D eigenvalue weighted by molar-refractivity contribution is -0.199. The fraction of sp³-hybridized carbons (Fsp3) is 0.684. The number of hydrogen-bond donors (Lipinski definition) is 1. The van der Waals surface area contributed by atoms with Gasteiger partial charge in [-0.25, -0.2) is 0 Å². The number of hydrogen-bond acceptors (Lipinski definition) is 3. The Morgan fingerprint density at radius 3 is 2.37 bits per heavy atom. The van der Waals surface area contributed by atoms with E-state index in [1.54, 1.807) is 0 Å². The Hall–Kier alpha value is -0.755. The van der Waals surface area contributed by atoms with Crippen LogP contribution in [-0.2, 0) is 21.9 Å². The minimum Gasteiger partial charge on any atom is -0.404 e. The molecule has 1 heterocycles. The second-order valence-corrected chi connectivity index (χ2v) is 8.90. The molecule has 5 atom stereocenters. The highest BCUT2D eigenvalue weighted by Gasteiger charge is 2.68. The average molecular weight is 404 g/mol. The molecule has 3 saturated carbocycles. The van der Waals surface area contributed by atoms with Crippen LogP contribution in [0.3, 0.4) is 0 Å². The van der Waals surface area contributed by atoms with Gasteiger partial charge < -0.3 is 15.0 Å². The van der Waals surface area contributed by atoms with Gasteiger partial charge in [0.05, 0.1) is 17.3 Å². The van der Waals surface area contributed by atoms with Gasteiger partial charge >= 0.3 is 13.3 Å². The van der Waals surface area contributed by atoms with Gasteiger partial charge in [-0.15, -0.1) is 12.4 Å². The molecule has 5 rings (SSSR count). The summed E-state index contributed by atoms with van der Waals surface area (Å²) in [6, 6.07) is 5.15. The molecule has 2 N–H and O–H groups in total. The summed E-state index contributed by atoms with van der Waals surface area (Å²) >= 11 is 0. The Morgan fingerprint density at radius 2 is 1.81 bits per heavy atom. The van der Waals surface area contributed by atoms with Crippen LogP contribution in [0.5, 0.6) is 0 Å². The lowest BCUT2D eigenvalue weighted by Gasteiger charge is -2.64. The highest BCUT2D eigenvalue weighted by Crippen LogP contribution is 2.65. The number of benzene rings is 1. The molecule has 4 fully saturated rings. The Bertz CT molecular complexity index is 699. The van der Waals surface area contributed by atoms with Crippen LogP contribution in [0.15, 0.2) is 24.3 Å². The van der Waals surface area contributed by atoms with Crippen molar-refractivity contribution in [2.45, 2.75) is 63.9 Å². The SMILES string of the molecule is CC1(C)[C@@H]2C[C@H]3OB([C@@H](N)Cc4ccc(C(F)(F)F)cc4)O[C@@]3(C)[C@H]1C2.Cl. The summed E-state index contributed by atoms with van der Waals surface area (Å²) in [5.41, 5.74) is 6.35. The first kappa shape index (κ1) is 21.0. The molecular weight excluding hydrogens is 377 g/mol. The average Bonchev–Trinajstić information content (AvgIpc) is 2.91. The van der Waals surface area contributed by atoms with Crippen molar-refractivity contribution in [1.29, 1.82) is 0 Å². The standard InChI is InChI=1S/C19H25BF3NO2.ClH/c1-17(2)13-9-14(17)18(3)15(10-13)25-20(26-18)16(24)8-11-4-6-12(7-5-11)19(21,22)23;/h4-7,13-16H,8-10,24H2,1-3H3;1H/t13-,14-,15+,16-,18-;/m0./s1. The highest BCUT2D eigenvalue weighted by molar-refractivity contribution is 6.47. The lowest BCUT2D eigenvalue weighted by Crippen LogP contribution is -2.65. The molecule has 1 saturated heterocycles. The van der Waals surface area contributed by atoms with E-state index in [0.29, 0.717) is 18.3 Å². The molecule has 1 aromatic rings. The third-order valence-corrected chi connectivity index (χ3v) is 7.07. The Balaban J connectivity index is 0.00000210. The van der Waals surface area contributed by atoms with Gasteiger partial charge in [-0.05, 0) is 61.1 Å². The molecular formula is C19H26BClF3NO2. The van der Waals surface area contributed by atoms with E-state index >= 15 is 0 Å². The van der Waals surface area contributed by atoms with Gasteiger partial charge in [-0.2, -0.15) is 13.2 Å². The number of rotatable bonds is 3. The van der Waals surface area contributed by atoms with Crippen molar-refractivity contribution < 1.29 is 22.5 Å². The van der Waals surface area contributed by atoms with Gasteiger partial charge in [0.15, 0.2) is 0 Å². The molecule has 3 nitrogen and oxygen atoms in total. The van der Waals surface area contributed by atoms with Crippen LogP contribution in [0.2, 0.25) is 0 Å². The summed E-state index contributed by atoms with van der Waals surface area (Å²) in [4.78, 5) is 0. The molecule has 1 aromatic carbocycles. The van der Waals surface area contributed by atoms with Gasteiger partial charge in [-0.3, -0.25) is 0 Å². The zero-order valence-electron chi connectivity index (χ0n) is 15.8. The smallest absolute Gasteiger partial charge is 0.404 e. The number of halogens is 4. The molecule has 4 aliphatic rings. The fourth-order valence-corrected chi connectivity index (χ4v) is 5.28. The largest absolute Gasteiger partial charge is 0.475 e. The van der Waals surface area contributed by atoms with E-state index in [1.165, 1.54) is 18.6 Å².